The number of nitro groups is 1. The molecule has 17 heavy (non-hydrogen) atoms. The summed E-state index contributed by atoms with van der Waals surface area (Å²) < 4.78 is 0. The SMILES string of the molecule is O=[N+]([O-])c1ccc(O)c(C[NH+]2CCCCC2)c1. The summed E-state index contributed by atoms with van der Waals surface area (Å²) in [5.74, 6) is 0.161. The standard InChI is InChI=1S/C12H16N2O3/c15-12-5-4-11(14(16)17)8-10(12)9-13-6-2-1-3-7-13/h4-5,8,15H,1-3,6-7,9H2/p+1. The van der Waals surface area contributed by atoms with Crippen LogP contribution in [0.15, 0.2) is 18.2 Å². The van der Waals surface area contributed by atoms with Crippen LogP contribution in [-0.2, 0) is 6.54 Å². The Morgan fingerprint density at radius 3 is 2.65 bits per heavy atom. The Labute approximate surface area is 99.8 Å². The predicted octanol–water partition coefficient (Wildman–Crippen LogP) is 0.869. The third kappa shape index (κ3) is 2.94. The van der Waals surface area contributed by atoms with Crippen LogP contribution in [0.4, 0.5) is 5.69 Å². The maximum absolute atomic E-state index is 10.7. The molecule has 0 atom stereocenters. The number of nitrogens with zero attached hydrogens (tertiary/aromatic N) is 1. The minimum atomic E-state index is -0.422. The van der Waals surface area contributed by atoms with E-state index in [2.05, 4.69) is 0 Å². The van der Waals surface area contributed by atoms with E-state index in [1.54, 1.807) is 0 Å². The number of likely N-dealkylation sites (tertiary alicyclic amines) is 1. The average molecular weight is 237 g/mol. The van der Waals surface area contributed by atoms with Gasteiger partial charge in [-0.25, -0.2) is 0 Å². The first-order valence-electron chi connectivity index (χ1n) is 5.96. The summed E-state index contributed by atoms with van der Waals surface area (Å²) >= 11 is 0. The number of phenols is 1. The fourth-order valence-electron chi connectivity index (χ4n) is 2.32. The summed E-state index contributed by atoms with van der Waals surface area (Å²) in [4.78, 5) is 11.6. The third-order valence-electron chi connectivity index (χ3n) is 3.28. The van der Waals surface area contributed by atoms with Crippen LogP contribution in [0.25, 0.3) is 0 Å². The van der Waals surface area contributed by atoms with Crippen molar-refractivity contribution in [1.29, 1.82) is 0 Å². The maximum atomic E-state index is 10.7. The number of hydrogen-bond donors (Lipinski definition) is 2. The first kappa shape index (κ1) is 11.9. The highest BCUT2D eigenvalue weighted by Crippen LogP contribution is 2.22. The van der Waals surface area contributed by atoms with Gasteiger partial charge in [-0.15, -0.1) is 0 Å². The van der Waals surface area contributed by atoms with E-state index in [0.29, 0.717) is 12.1 Å². The molecule has 0 aliphatic carbocycles. The highest BCUT2D eigenvalue weighted by Gasteiger charge is 2.18. The van der Waals surface area contributed by atoms with Crippen LogP contribution in [0.5, 0.6) is 5.75 Å². The van der Waals surface area contributed by atoms with Crippen LogP contribution in [0, 0.1) is 10.1 Å². The highest BCUT2D eigenvalue weighted by molar-refractivity contribution is 5.42. The minimum Gasteiger partial charge on any atom is -0.507 e. The molecule has 92 valence electrons. The molecule has 1 aromatic carbocycles. The van der Waals surface area contributed by atoms with Gasteiger partial charge in [-0.2, -0.15) is 0 Å². The number of nitro benzene ring substituents is 1. The van der Waals surface area contributed by atoms with E-state index < -0.39 is 4.92 Å². The van der Waals surface area contributed by atoms with Crippen LogP contribution in [0.3, 0.4) is 0 Å². The first-order valence-corrected chi connectivity index (χ1v) is 5.96. The van der Waals surface area contributed by atoms with Crippen molar-refractivity contribution in [2.45, 2.75) is 25.8 Å². The molecule has 5 nitrogen and oxygen atoms in total. The van der Waals surface area contributed by atoms with E-state index in [0.717, 1.165) is 13.1 Å². The molecular weight excluding hydrogens is 220 g/mol. The molecule has 0 unspecified atom stereocenters. The molecule has 0 saturated carbocycles. The Hall–Kier alpha value is -1.62. The van der Waals surface area contributed by atoms with Crippen molar-refractivity contribution < 1.29 is 14.9 Å². The summed E-state index contributed by atoms with van der Waals surface area (Å²) in [5.41, 5.74) is 0.727. The molecule has 1 aliphatic rings. The number of nitrogens with one attached hydrogen (secondary N) is 1. The van der Waals surface area contributed by atoms with Gasteiger partial charge >= 0.3 is 0 Å². The molecule has 0 bridgehead atoms. The first-order chi connectivity index (χ1) is 8.16. The van der Waals surface area contributed by atoms with E-state index in [4.69, 9.17) is 0 Å². The van der Waals surface area contributed by atoms with Crippen LogP contribution < -0.4 is 4.90 Å². The minimum absolute atomic E-state index is 0.0502. The summed E-state index contributed by atoms with van der Waals surface area (Å²) in [5, 5.41) is 20.4. The van der Waals surface area contributed by atoms with Gasteiger partial charge in [-0.1, -0.05) is 0 Å². The topological polar surface area (TPSA) is 67.8 Å². The van der Waals surface area contributed by atoms with Crippen molar-refractivity contribution >= 4 is 5.69 Å². The van der Waals surface area contributed by atoms with Gasteiger partial charge in [0.2, 0.25) is 0 Å². The van der Waals surface area contributed by atoms with Gasteiger partial charge in [0.15, 0.2) is 0 Å². The predicted molar refractivity (Wildman–Crippen MR) is 63.0 cm³/mol. The Bertz CT molecular complexity index is 414. The summed E-state index contributed by atoms with van der Waals surface area (Å²) in [6.45, 7) is 2.85. The Kier molecular flexibility index (Phi) is 3.58. The van der Waals surface area contributed by atoms with Crippen molar-refractivity contribution in [2.75, 3.05) is 13.1 Å². The summed E-state index contributed by atoms with van der Waals surface area (Å²) in [6, 6.07) is 4.23. The average Bonchev–Trinajstić information content (AvgIpc) is 2.33. The number of non-ortho nitro benzene ring substituents is 1. The second-order valence-electron chi connectivity index (χ2n) is 4.56. The van der Waals surface area contributed by atoms with Gasteiger partial charge in [0.05, 0.1) is 23.6 Å². The van der Waals surface area contributed by atoms with E-state index in [1.807, 2.05) is 0 Å². The molecule has 2 rings (SSSR count). The maximum Gasteiger partial charge on any atom is 0.270 e. The zero-order chi connectivity index (χ0) is 12.3. The van der Waals surface area contributed by atoms with Crippen molar-refractivity contribution in [3.8, 4) is 5.75 Å². The number of piperidine rings is 1. The molecule has 2 N–H and O–H groups in total. The van der Waals surface area contributed by atoms with Gasteiger partial charge in [-0.3, -0.25) is 10.1 Å². The van der Waals surface area contributed by atoms with Crippen LogP contribution in [0.2, 0.25) is 0 Å². The molecule has 0 spiro atoms. The van der Waals surface area contributed by atoms with E-state index in [-0.39, 0.29) is 11.4 Å². The lowest BCUT2D eigenvalue weighted by Gasteiger charge is -2.23. The molecule has 1 aliphatic heterocycles. The van der Waals surface area contributed by atoms with Crippen molar-refractivity contribution in [3.05, 3.63) is 33.9 Å². The number of rotatable bonds is 3. The second-order valence-corrected chi connectivity index (χ2v) is 4.56. The van der Waals surface area contributed by atoms with Crippen molar-refractivity contribution in [1.82, 2.24) is 0 Å². The zero-order valence-corrected chi connectivity index (χ0v) is 9.69. The van der Waals surface area contributed by atoms with Gasteiger partial charge in [0.1, 0.15) is 12.3 Å². The van der Waals surface area contributed by atoms with Crippen molar-refractivity contribution in [2.24, 2.45) is 0 Å². The molecule has 1 heterocycles. The fourth-order valence-corrected chi connectivity index (χ4v) is 2.32. The monoisotopic (exact) mass is 237 g/mol. The largest absolute Gasteiger partial charge is 0.507 e. The smallest absolute Gasteiger partial charge is 0.270 e. The van der Waals surface area contributed by atoms with Crippen LogP contribution in [-0.4, -0.2) is 23.1 Å². The van der Waals surface area contributed by atoms with Gasteiger partial charge in [0, 0.05) is 12.1 Å². The van der Waals surface area contributed by atoms with Gasteiger partial charge < -0.3 is 10.0 Å². The van der Waals surface area contributed by atoms with Gasteiger partial charge in [-0.05, 0) is 25.3 Å². The molecule has 1 fully saturated rings. The van der Waals surface area contributed by atoms with Gasteiger partial charge in [0.25, 0.3) is 5.69 Å². The highest BCUT2D eigenvalue weighted by atomic mass is 16.6. The van der Waals surface area contributed by atoms with Crippen LogP contribution >= 0.6 is 0 Å². The number of benzene rings is 1. The Morgan fingerprint density at radius 2 is 2.00 bits per heavy atom. The zero-order valence-electron chi connectivity index (χ0n) is 9.69. The lowest BCUT2D eigenvalue weighted by molar-refractivity contribution is -0.918. The number of aromatic hydroxyl groups is 1. The normalized spacial score (nSPS) is 16.9. The number of quaternary nitrogens is 1. The number of hydrogen-bond acceptors (Lipinski definition) is 3. The molecular formula is C12H17N2O3+. The Morgan fingerprint density at radius 1 is 1.29 bits per heavy atom. The molecule has 0 amide bonds. The summed E-state index contributed by atoms with van der Waals surface area (Å²) in [6.07, 6.45) is 3.67. The third-order valence-corrected chi connectivity index (χ3v) is 3.28. The lowest BCUT2D eigenvalue weighted by atomic mass is 10.1. The van der Waals surface area contributed by atoms with E-state index in [1.165, 1.54) is 42.4 Å². The van der Waals surface area contributed by atoms with E-state index in [9.17, 15) is 15.2 Å². The second kappa shape index (κ2) is 5.14. The quantitative estimate of drug-likeness (QED) is 0.605. The molecule has 0 aromatic heterocycles. The molecule has 1 aromatic rings. The molecule has 0 radical (unpaired) electrons. The van der Waals surface area contributed by atoms with E-state index >= 15 is 0 Å². The fraction of sp³-hybridized carbons (Fsp3) is 0.500. The van der Waals surface area contributed by atoms with Crippen molar-refractivity contribution in [3.63, 3.8) is 0 Å². The number of phenolic OH excluding ortho intramolecular Hbond substituents is 1. The lowest BCUT2D eigenvalue weighted by Crippen LogP contribution is -3.11. The Balaban J connectivity index is 2.13. The van der Waals surface area contributed by atoms with Crippen LogP contribution in [0.1, 0.15) is 24.8 Å². The summed E-state index contributed by atoms with van der Waals surface area (Å²) in [7, 11) is 0. The molecule has 5 heteroatoms. The molecule has 1 saturated heterocycles.